The van der Waals surface area contributed by atoms with Crippen molar-refractivity contribution in [3.63, 3.8) is 0 Å². The number of nitrogens with zero attached hydrogens (tertiary/aromatic N) is 3. The molecule has 1 unspecified atom stereocenters. The fourth-order valence-corrected chi connectivity index (χ4v) is 5.36. The Labute approximate surface area is 120 Å². The Balaban J connectivity index is 1.86. The van der Waals surface area contributed by atoms with Crippen LogP contribution < -0.4 is 5.32 Å². The largest absolute Gasteiger partial charge is 0.317 e. The van der Waals surface area contributed by atoms with Crippen LogP contribution >= 0.6 is 0 Å². The molecule has 0 bridgehead atoms. The second-order valence-corrected chi connectivity index (χ2v) is 7.54. The van der Waals surface area contributed by atoms with Crippen molar-refractivity contribution >= 4 is 10.0 Å². The summed E-state index contributed by atoms with van der Waals surface area (Å²) in [5.74, 6) is 0.488. The number of sulfonamides is 1. The molecule has 2 aliphatic rings. The fourth-order valence-electron chi connectivity index (χ4n) is 3.50. The molecule has 1 aromatic heterocycles. The molecule has 6 nitrogen and oxygen atoms in total. The average Bonchev–Trinajstić information content (AvgIpc) is 3.08. The average molecular weight is 298 g/mol. The third-order valence-electron chi connectivity index (χ3n) is 4.53. The third kappa shape index (κ3) is 2.38. The molecule has 3 heterocycles. The molecule has 0 aliphatic carbocycles. The minimum atomic E-state index is -3.41. The molecule has 1 N–H and O–H groups in total. The summed E-state index contributed by atoms with van der Waals surface area (Å²) in [6, 6.07) is 1.75. The zero-order chi connectivity index (χ0) is 14.2. The molecule has 7 heteroatoms. The maximum absolute atomic E-state index is 12.8. The van der Waals surface area contributed by atoms with Gasteiger partial charge in [-0.2, -0.15) is 9.40 Å². The first-order chi connectivity index (χ1) is 9.60. The van der Waals surface area contributed by atoms with Crippen molar-refractivity contribution in [1.29, 1.82) is 0 Å². The molecule has 0 spiro atoms. The summed E-state index contributed by atoms with van der Waals surface area (Å²) in [4.78, 5) is 0. The van der Waals surface area contributed by atoms with Gasteiger partial charge in [-0.05, 0) is 50.8 Å². The van der Waals surface area contributed by atoms with Crippen molar-refractivity contribution in [3.05, 3.63) is 12.3 Å². The number of hydrogen-bond acceptors (Lipinski definition) is 4. The molecule has 2 aliphatic heterocycles. The highest BCUT2D eigenvalue weighted by Crippen LogP contribution is 2.33. The van der Waals surface area contributed by atoms with E-state index in [2.05, 4.69) is 10.4 Å². The Hall–Kier alpha value is -0.920. The summed E-state index contributed by atoms with van der Waals surface area (Å²) in [5.41, 5.74) is 0. The van der Waals surface area contributed by atoms with E-state index >= 15 is 0 Å². The van der Waals surface area contributed by atoms with E-state index < -0.39 is 10.0 Å². The summed E-state index contributed by atoms with van der Waals surface area (Å²) >= 11 is 0. The monoisotopic (exact) mass is 298 g/mol. The molecule has 0 aromatic carbocycles. The number of aryl methyl sites for hydroxylation is 1. The molecule has 0 radical (unpaired) electrons. The van der Waals surface area contributed by atoms with Crippen LogP contribution in [0.3, 0.4) is 0 Å². The molecule has 0 saturated carbocycles. The van der Waals surface area contributed by atoms with Gasteiger partial charge in [0, 0.05) is 19.6 Å². The Kier molecular flexibility index (Phi) is 3.83. The molecule has 1 aromatic rings. The van der Waals surface area contributed by atoms with E-state index in [1.165, 1.54) is 4.68 Å². The highest BCUT2D eigenvalue weighted by Gasteiger charge is 2.40. The summed E-state index contributed by atoms with van der Waals surface area (Å²) < 4.78 is 28.8. The Morgan fingerprint density at radius 3 is 2.70 bits per heavy atom. The van der Waals surface area contributed by atoms with E-state index in [1.807, 2.05) is 0 Å². The lowest BCUT2D eigenvalue weighted by Gasteiger charge is -2.33. The number of nitrogens with one attached hydrogen (secondary N) is 1. The topological polar surface area (TPSA) is 67.2 Å². The SMILES string of the molecule is Cn1nccc1S(=O)(=O)N1CCCC1C1CCNCC1. The molecule has 2 fully saturated rings. The molecular weight excluding hydrogens is 276 g/mol. The van der Waals surface area contributed by atoms with Crippen molar-refractivity contribution in [3.8, 4) is 0 Å². The third-order valence-corrected chi connectivity index (χ3v) is 6.52. The Morgan fingerprint density at radius 2 is 2.05 bits per heavy atom. The van der Waals surface area contributed by atoms with E-state index in [0.717, 1.165) is 38.8 Å². The molecule has 2 saturated heterocycles. The van der Waals surface area contributed by atoms with Crippen molar-refractivity contribution in [2.45, 2.75) is 36.8 Å². The Bertz CT molecular complexity index is 563. The molecule has 20 heavy (non-hydrogen) atoms. The van der Waals surface area contributed by atoms with Gasteiger partial charge in [-0.3, -0.25) is 4.68 Å². The highest BCUT2D eigenvalue weighted by atomic mass is 32.2. The van der Waals surface area contributed by atoms with Gasteiger partial charge in [0.1, 0.15) is 0 Å². The smallest absolute Gasteiger partial charge is 0.260 e. The summed E-state index contributed by atoms with van der Waals surface area (Å²) in [6.07, 6.45) is 5.64. The van der Waals surface area contributed by atoms with Gasteiger partial charge in [-0.15, -0.1) is 0 Å². The van der Waals surface area contributed by atoms with Gasteiger partial charge in [0.05, 0.1) is 6.20 Å². The molecule has 0 amide bonds. The number of hydrogen-bond donors (Lipinski definition) is 1. The van der Waals surface area contributed by atoms with Crippen LogP contribution in [0.4, 0.5) is 0 Å². The van der Waals surface area contributed by atoms with Crippen LogP contribution in [0.5, 0.6) is 0 Å². The van der Waals surface area contributed by atoms with Crippen LogP contribution in [0.1, 0.15) is 25.7 Å². The summed E-state index contributed by atoms with van der Waals surface area (Å²) in [7, 11) is -1.73. The fraction of sp³-hybridized carbons (Fsp3) is 0.769. The van der Waals surface area contributed by atoms with Gasteiger partial charge in [0.15, 0.2) is 5.03 Å². The summed E-state index contributed by atoms with van der Waals surface area (Å²) in [6.45, 7) is 2.64. The lowest BCUT2D eigenvalue weighted by molar-refractivity contribution is 0.234. The van der Waals surface area contributed by atoms with Crippen LogP contribution in [0.25, 0.3) is 0 Å². The predicted octanol–water partition coefficient (Wildman–Crippen LogP) is 0.573. The standard InChI is InChI=1S/C13H22N4O2S/c1-16-13(6-9-15-16)20(18,19)17-10-2-3-12(17)11-4-7-14-8-5-11/h6,9,11-12,14H,2-5,7-8,10H2,1H3. The van der Waals surface area contributed by atoms with Gasteiger partial charge >= 0.3 is 0 Å². The van der Waals surface area contributed by atoms with Crippen molar-refractivity contribution < 1.29 is 8.42 Å². The van der Waals surface area contributed by atoms with E-state index in [4.69, 9.17) is 0 Å². The van der Waals surface area contributed by atoms with E-state index in [-0.39, 0.29) is 6.04 Å². The quantitative estimate of drug-likeness (QED) is 0.886. The lowest BCUT2D eigenvalue weighted by atomic mass is 9.89. The molecular formula is C13H22N4O2S. The van der Waals surface area contributed by atoms with E-state index in [9.17, 15) is 8.42 Å². The zero-order valence-corrected chi connectivity index (χ0v) is 12.6. The first kappa shape index (κ1) is 14.0. The predicted molar refractivity (Wildman–Crippen MR) is 75.7 cm³/mol. The van der Waals surface area contributed by atoms with Gasteiger partial charge in [-0.1, -0.05) is 0 Å². The second kappa shape index (κ2) is 5.46. The lowest BCUT2D eigenvalue weighted by Crippen LogP contribution is -2.44. The number of aromatic nitrogens is 2. The van der Waals surface area contributed by atoms with Crippen LogP contribution in [-0.4, -0.2) is 48.2 Å². The molecule has 1 atom stereocenters. The Morgan fingerprint density at radius 1 is 1.30 bits per heavy atom. The summed E-state index contributed by atoms with van der Waals surface area (Å²) in [5, 5.41) is 7.64. The van der Waals surface area contributed by atoms with Crippen molar-refractivity contribution in [2.24, 2.45) is 13.0 Å². The second-order valence-electron chi connectivity index (χ2n) is 5.71. The maximum Gasteiger partial charge on any atom is 0.260 e. The highest BCUT2D eigenvalue weighted by molar-refractivity contribution is 7.89. The van der Waals surface area contributed by atoms with Gasteiger partial charge in [0.2, 0.25) is 0 Å². The van der Waals surface area contributed by atoms with Crippen LogP contribution in [0.15, 0.2) is 17.3 Å². The first-order valence-corrected chi connectivity index (χ1v) is 8.75. The minimum absolute atomic E-state index is 0.164. The normalized spacial score (nSPS) is 26.1. The van der Waals surface area contributed by atoms with Crippen molar-refractivity contribution in [1.82, 2.24) is 19.4 Å². The molecule has 112 valence electrons. The van der Waals surface area contributed by atoms with Crippen LogP contribution in [-0.2, 0) is 17.1 Å². The number of piperidine rings is 1. The first-order valence-electron chi connectivity index (χ1n) is 7.31. The molecule has 3 rings (SSSR count). The van der Waals surface area contributed by atoms with Gasteiger partial charge in [-0.25, -0.2) is 8.42 Å². The van der Waals surface area contributed by atoms with E-state index in [1.54, 1.807) is 23.6 Å². The number of rotatable bonds is 3. The maximum atomic E-state index is 12.8. The van der Waals surface area contributed by atoms with Crippen LogP contribution in [0, 0.1) is 5.92 Å². The van der Waals surface area contributed by atoms with Gasteiger partial charge in [0.25, 0.3) is 10.0 Å². The zero-order valence-electron chi connectivity index (χ0n) is 11.8. The van der Waals surface area contributed by atoms with E-state index in [0.29, 0.717) is 17.5 Å². The van der Waals surface area contributed by atoms with Crippen LogP contribution in [0.2, 0.25) is 0 Å². The van der Waals surface area contributed by atoms with Gasteiger partial charge < -0.3 is 5.32 Å². The van der Waals surface area contributed by atoms with Crippen molar-refractivity contribution in [2.75, 3.05) is 19.6 Å². The minimum Gasteiger partial charge on any atom is -0.317 e.